The van der Waals surface area contributed by atoms with Gasteiger partial charge in [0.05, 0.1) is 12.7 Å². The summed E-state index contributed by atoms with van der Waals surface area (Å²) in [4.78, 5) is 13.4. The number of hydrogen-bond donors (Lipinski definition) is 2. The zero-order valence-corrected chi connectivity index (χ0v) is 19.0. The van der Waals surface area contributed by atoms with E-state index in [1.54, 1.807) is 12.1 Å². The molecule has 0 saturated carbocycles. The fraction of sp³-hybridized carbons (Fsp3) is 0.440. The second-order valence-corrected chi connectivity index (χ2v) is 10.3. The number of benzene rings is 1. The van der Waals surface area contributed by atoms with Crippen LogP contribution in [0.1, 0.15) is 70.1 Å². The highest BCUT2D eigenvalue weighted by molar-refractivity contribution is 6.01. The van der Waals surface area contributed by atoms with Crippen LogP contribution in [0.15, 0.2) is 35.7 Å². The number of aromatic hydroxyl groups is 1. The Balaban J connectivity index is 2.04. The Hall–Kier alpha value is -3.20. The van der Waals surface area contributed by atoms with Crippen molar-refractivity contribution in [3.8, 4) is 17.6 Å². The quantitative estimate of drug-likeness (QED) is 0.713. The van der Waals surface area contributed by atoms with Crippen molar-refractivity contribution in [1.82, 2.24) is 4.57 Å². The number of nitrogens with zero attached hydrogens (tertiary/aromatic N) is 2. The molecule has 1 aromatic carbocycles. The van der Waals surface area contributed by atoms with Gasteiger partial charge in [0.25, 0.3) is 0 Å². The van der Waals surface area contributed by atoms with E-state index in [4.69, 9.17) is 4.74 Å². The lowest BCUT2D eigenvalue weighted by Gasteiger charge is -2.40. The molecule has 1 aromatic heterocycles. The minimum absolute atomic E-state index is 0.0403. The molecule has 0 bridgehead atoms. The van der Waals surface area contributed by atoms with E-state index < -0.39 is 5.92 Å². The van der Waals surface area contributed by atoms with E-state index in [1.807, 2.05) is 12.3 Å². The van der Waals surface area contributed by atoms with Crippen LogP contribution in [0.3, 0.4) is 0 Å². The Kier molecular flexibility index (Phi) is 4.69. The van der Waals surface area contributed by atoms with Gasteiger partial charge in [-0.1, -0.05) is 19.9 Å². The molecule has 1 aliphatic heterocycles. The predicted octanol–water partition coefficient (Wildman–Crippen LogP) is 5.03. The number of fused-ring (bicyclic) bond motifs is 1. The normalized spacial score (nSPS) is 19.9. The van der Waals surface area contributed by atoms with E-state index in [9.17, 15) is 15.2 Å². The van der Waals surface area contributed by atoms with E-state index in [0.29, 0.717) is 23.3 Å². The molecule has 31 heavy (non-hydrogen) atoms. The summed E-state index contributed by atoms with van der Waals surface area (Å²) in [5, 5.41) is 23.6. The standard InChI is InChI=1S/C25H29N3O3/c1-24(2,3)28-13-15(12-26)21-20(14-7-8-17(29)19(9-14)31-6)22-16(27-23(21)28)10-25(4,5)11-18(22)30/h7-9,13,20,27,29H,10-11H2,1-6H3/t20-/m0/s1. The summed E-state index contributed by atoms with van der Waals surface area (Å²) in [6.07, 6.45) is 3.07. The van der Waals surface area contributed by atoms with Gasteiger partial charge in [-0.2, -0.15) is 5.26 Å². The molecule has 6 heteroatoms. The summed E-state index contributed by atoms with van der Waals surface area (Å²) in [7, 11) is 1.50. The number of phenolic OH excluding ortho intramolecular Hbond substituents is 1. The van der Waals surface area contributed by atoms with Crippen LogP contribution in [-0.2, 0) is 10.3 Å². The lowest BCUT2D eigenvalue weighted by molar-refractivity contribution is -0.118. The fourth-order valence-electron chi connectivity index (χ4n) is 4.83. The van der Waals surface area contributed by atoms with Crippen molar-refractivity contribution in [2.24, 2.45) is 5.41 Å². The first-order valence-corrected chi connectivity index (χ1v) is 10.5. The Bertz CT molecular complexity index is 1160. The van der Waals surface area contributed by atoms with E-state index >= 15 is 0 Å². The number of hydrogen-bond acceptors (Lipinski definition) is 5. The predicted molar refractivity (Wildman–Crippen MR) is 119 cm³/mol. The lowest BCUT2D eigenvalue weighted by atomic mass is 9.69. The zero-order valence-electron chi connectivity index (χ0n) is 19.0. The minimum Gasteiger partial charge on any atom is -0.504 e. The first-order valence-electron chi connectivity index (χ1n) is 10.5. The molecule has 4 rings (SSSR count). The molecular weight excluding hydrogens is 390 g/mol. The van der Waals surface area contributed by atoms with E-state index in [2.05, 4.69) is 50.6 Å². The molecule has 2 N–H and O–H groups in total. The SMILES string of the molecule is COc1cc([C@@H]2C3=C(CC(C)(C)CC3=O)Nc3c2c(C#N)cn3C(C)(C)C)ccc1O. The summed E-state index contributed by atoms with van der Waals surface area (Å²) in [5.74, 6) is 0.928. The Morgan fingerprint density at radius 1 is 1.29 bits per heavy atom. The number of Topliss-reactive ketones (excluding diaryl/α,β-unsaturated/α-hetero) is 1. The van der Waals surface area contributed by atoms with Gasteiger partial charge in [0.2, 0.25) is 0 Å². The van der Waals surface area contributed by atoms with Crippen molar-refractivity contribution in [2.45, 2.75) is 58.9 Å². The second-order valence-electron chi connectivity index (χ2n) is 10.3. The molecule has 2 heterocycles. The van der Waals surface area contributed by atoms with Crippen LogP contribution in [0.25, 0.3) is 0 Å². The van der Waals surface area contributed by atoms with Crippen LogP contribution in [0.2, 0.25) is 0 Å². The van der Waals surface area contributed by atoms with Crippen LogP contribution < -0.4 is 10.1 Å². The smallest absolute Gasteiger partial charge is 0.162 e. The third kappa shape index (κ3) is 3.38. The zero-order chi connectivity index (χ0) is 22.7. The van der Waals surface area contributed by atoms with E-state index in [1.165, 1.54) is 7.11 Å². The van der Waals surface area contributed by atoms with Crippen molar-refractivity contribution in [3.63, 3.8) is 0 Å². The van der Waals surface area contributed by atoms with Gasteiger partial charge in [-0.3, -0.25) is 4.79 Å². The number of aromatic nitrogens is 1. The van der Waals surface area contributed by atoms with Crippen LogP contribution in [0, 0.1) is 16.7 Å². The summed E-state index contributed by atoms with van der Waals surface area (Å²) in [6.45, 7) is 10.5. The van der Waals surface area contributed by atoms with Gasteiger partial charge in [-0.25, -0.2) is 0 Å². The molecule has 1 atom stereocenters. The Morgan fingerprint density at radius 3 is 2.61 bits per heavy atom. The molecule has 0 unspecified atom stereocenters. The molecule has 2 aliphatic rings. The second kappa shape index (κ2) is 6.91. The van der Waals surface area contributed by atoms with Gasteiger partial charge in [0, 0.05) is 40.9 Å². The van der Waals surface area contributed by atoms with Crippen molar-refractivity contribution in [3.05, 3.63) is 52.4 Å². The highest BCUT2D eigenvalue weighted by atomic mass is 16.5. The average molecular weight is 420 g/mol. The van der Waals surface area contributed by atoms with Crippen LogP contribution >= 0.6 is 0 Å². The molecule has 6 nitrogen and oxygen atoms in total. The summed E-state index contributed by atoms with van der Waals surface area (Å²) in [5.41, 5.74) is 3.39. The van der Waals surface area contributed by atoms with Crippen LogP contribution in [-0.4, -0.2) is 22.6 Å². The maximum Gasteiger partial charge on any atom is 0.162 e. The maximum absolute atomic E-state index is 13.4. The lowest BCUT2D eigenvalue weighted by Crippen LogP contribution is -2.35. The summed E-state index contributed by atoms with van der Waals surface area (Å²) >= 11 is 0. The summed E-state index contributed by atoms with van der Waals surface area (Å²) in [6, 6.07) is 7.50. The van der Waals surface area contributed by atoms with Crippen molar-refractivity contribution in [2.75, 3.05) is 12.4 Å². The number of methoxy groups -OCH3 is 1. The molecule has 2 aromatic rings. The van der Waals surface area contributed by atoms with E-state index in [-0.39, 0.29) is 22.5 Å². The van der Waals surface area contributed by atoms with Crippen LogP contribution in [0.4, 0.5) is 5.82 Å². The van der Waals surface area contributed by atoms with Crippen molar-refractivity contribution >= 4 is 11.6 Å². The molecule has 0 radical (unpaired) electrons. The summed E-state index contributed by atoms with van der Waals surface area (Å²) < 4.78 is 7.42. The van der Waals surface area contributed by atoms with Gasteiger partial charge < -0.3 is 19.7 Å². The number of carbonyl (C=O) groups excluding carboxylic acids is 1. The van der Waals surface area contributed by atoms with Gasteiger partial charge >= 0.3 is 0 Å². The first-order chi connectivity index (χ1) is 14.5. The number of carbonyl (C=O) groups is 1. The van der Waals surface area contributed by atoms with Gasteiger partial charge in [0.1, 0.15) is 11.9 Å². The van der Waals surface area contributed by atoms with Gasteiger partial charge in [-0.05, 0) is 50.3 Å². The van der Waals surface area contributed by atoms with Crippen LogP contribution in [0.5, 0.6) is 11.5 Å². The first kappa shape index (κ1) is 21.0. The minimum atomic E-state index is -0.400. The third-order valence-electron chi connectivity index (χ3n) is 6.19. The molecular formula is C25H29N3O3. The number of nitriles is 1. The molecule has 1 aliphatic carbocycles. The fourth-order valence-corrected chi connectivity index (χ4v) is 4.83. The van der Waals surface area contributed by atoms with Gasteiger partial charge in [0.15, 0.2) is 17.3 Å². The maximum atomic E-state index is 13.4. The number of ether oxygens (including phenoxy) is 1. The number of nitrogens with one attached hydrogen (secondary N) is 1. The number of phenols is 1. The Morgan fingerprint density at radius 2 is 2.00 bits per heavy atom. The number of allylic oxidation sites excluding steroid dienone is 2. The molecule has 0 spiro atoms. The number of anilines is 1. The molecule has 162 valence electrons. The molecule has 0 fully saturated rings. The number of rotatable bonds is 2. The third-order valence-corrected chi connectivity index (χ3v) is 6.19. The molecule has 0 amide bonds. The van der Waals surface area contributed by atoms with Crippen molar-refractivity contribution < 1.29 is 14.6 Å². The highest BCUT2D eigenvalue weighted by Gasteiger charge is 2.43. The van der Waals surface area contributed by atoms with Crippen molar-refractivity contribution in [1.29, 1.82) is 5.26 Å². The van der Waals surface area contributed by atoms with E-state index in [0.717, 1.165) is 29.1 Å². The largest absolute Gasteiger partial charge is 0.504 e. The Labute approximate surface area is 183 Å². The monoisotopic (exact) mass is 419 g/mol. The number of ketones is 1. The topological polar surface area (TPSA) is 87.3 Å². The average Bonchev–Trinajstić information content (AvgIpc) is 3.04. The van der Waals surface area contributed by atoms with Gasteiger partial charge in [-0.15, -0.1) is 0 Å². The molecule has 0 saturated heterocycles. The highest BCUT2D eigenvalue weighted by Crippen LogP contribution is 2.51.